The molecule has 0 unspecified atom stereocenters. The first-order valence-electron chi connectivity index (χ1n) is 4.90. The zero-order valence-electron chi connectivity index (χ0n) is 8.32. The lowest BCUT2D eigenvalue weighted by Gasteiger charge is -2.18. The average Bonchev–Trinajstić information content (AvgIpc) is 2.49. The van der Waals surface area contributed by atoms with Gasteiger partial charge in [-0.3, -0.25) is 0 Å². The van der Waals surface area contributed by atoms with Gasteiger partial charge in [-0.1, -0.05) is 0 Å². The molecule has 3 nitrogen and oxygen atoms in total. The fraction of sp³-hybridized carbons (Fsp3) is 0.455. The number of fused-ring (bicyclic) bond motifs is 1. The van der Waals surface area contributed by atoms with Gasteiger partial charge < -0.3 is 15.1 Å². The number of aromatic hydroxyl groups is 1. The summed E-state index contributed by atoms with van der Waals surface area (Å²) in [7, 11) is 0. The Labute approximate surface area is 83.6 Å². The van der Waals surface area contributed by atoms with E-state index in [1.165, 1.54) is 0 Å². The number of nitrogens with zero attached hydrogens (tertiary/aromatic N) is 1. The second kappa shape index (κ2) is 3.50. The fourth-order valence-electron chi connectivity index (χ4n) is 2.04. The standard InChI is InChI=1S/C11H15NO2/c1-8-6-10-9(11(14)7-8)2-3-12(10)4-5-13/h6-7,13-14H,2-5H2,1H3. The first-order valence-corrected chi connectivity index (χ1v) is 4.90. The van der Waals surface area contributed by atoms with Gasteiger partial charge in [-0.05, 0) is 31.0 Å². The first-order chi connectivity index (χ1) is 6.72. The Morgan fingerprint density at radius 2 is 2.21 bits per heavy atom. The van der Waals surface area contributed by atoms with E-state index in [0.717, 1.165) is 29.8 Å². The summed E-state index contributed by atoms with van der Waals surface area (Å²) < 4.78 is 0. The molecule has 76 valence electrons. The Morgan fingerprint density at radius 1 is 1.43 bits per heavy atom. The monoisotopic (exact) mass is 193 g/mol. The summed E-state index contributed by atoms with van der Waals surface area (Å²) in [5.74, 6) is 0.389. The van der Waals surface area contributed by atoms with Crippen LogP contribution in [0.1, 0.15) is 11.1 Å². The van der Waals surface area contributed by atoms with Crippen LogP contribution in [0.2, 0.25) is 0 Å². The molecule has 0 fully saturated rings. The van der Waals surface area contributed by atoms with Crippen molar-refractivity contribution in [3.63, 3.8) is 0 Å². The van der Waals surface area contributed by atoms with E-state index >= 15 is 0 Å². The summed E-state index contributed by atoms with van der Waals surface area (Å²) in [6.07, 6.45) is 0.876. The van der Waals surface area contributed by atoms with Crippen LogP contribution in [0.15, 0.2) is 12.1 Å². The summed E-state index contributed by atoms with van der Waals surface area (Å²) in [6.45, 7) is 3.67. The van der Waals surface area contributed by atoms with Gasteiger partial charge in [0.2, 0.25) is 0 Å². The topological polar surface area (TPSA) is 43.7 Å². The molecule has 1 aromatic carbocycles. The smallest absolute Gasteiger partial charge is 0.121 e. The van der Waals surface area contributed by atoms with Gasteiger partial charge in [0.05, 0.1) is 6.61 Å². The number of hydrogen-bond acceptors (Lipinski definition) is 3. The molecule has 0 saturated heterocycles. The molecule has 1 heterocycles. The summed E-state index contributed by atoms with van der Waals surface area (Å²) in [4.78, 5) is 2.11. The molecular weight excluding hydrogens is 178 g/mol. The molecule has 1 aromatic rings. The summed E-state index contributed by atoms with van der Waals surface area (Å²) in [5.41, 5.74) is 3.16. The van der Waals surface area contributed by atoms with Gasteiger partial charge in [0.1, 0.15) is 5.75 Å². The highest BCUT2D eigenvalue weighted by molar-refractivity contribution is 5.64. The van der Waals surface area contributed by atoms with Crippen molar-refractivity contribution in [3.05, 3.63) is 23.3 Å². The number of phenolic OH excluding ortho intramolecular Hbond substituents is 1. The fourth-order valence-corrected chi connectivity index (χ4v) is 2.04. The molecule has 0 radical (unpaired) electrons. The van der Waals surface area contributed by atoms with Crippen molar-refractivity contribution >= 4 is 5.69 Å². The largest absolute Gasteiger partial charge is 0.508 e. The van der Waals surface area contributed by atoms with Crippen LogP contribution in [0.3, 0.4) is 0 Å². The Hall–Kier alpha value is -1.22. The predicted octanol–water partition coefficient (Wildman–Crippen LogP) is 1.06. The maximum Gasteiger partial charge on any atom is 0.121 e. The van der Waals surface area contributed by atoms with Crippen LogP contribution in [0.4, 0.5) is 5.69 Å². The molecule has 1 aliphatic heterocycles. The van der Waals surface area contributed by atoms with Crippen LogP contribution >= 0.6 is 0 Å². The van der Waals surface area contributed by atoms with Gasteiger partial charge in [0.25, 0.3) is 0 Å². The maximum absolute atomic E-state index is 9.71. The van der Waals surface area contributed by atoms with Gasteiger partial charge in [0.15, 0.2) is 0 Å². The molecule has 2 rings (SSSR count). The van der Waals surface area contributed by atoms with Crippen LogP contribution in [-0.2, 0) is 6.42 Å². The van der Waals surface area contributed by atoms with Crippen molar-refractivity contribution in [1.82, 2.24) is 0 Å². The molecule has 2 N–H and O–H groups in total. The Balaban J connectivity index is 2.38. The number of phenols is 1. The quantitative estimate of drug-likeness (QED) is 0.738. The third-order valence-corrected chi connectivity index (χ3v) is 2.69. The number of hydrogen-bond donors (Lipinski definition) is 2. The van der Waals surface area contributed by atoms with Gasteiger partial charge in [-0.2, -0.15) is 0 Å². The van der Waals surface area contributed by atoms with E-state index in [1.807, 2.05) is 6.92 Å². The van der Waals surface area contributed by atoms with E-state index in [2.05, 4.69) is 11.0 Å². The van der Waals surface area contributed by atoms with E-state index in [1.54, 1.807) is 6.07 Å². The van der Waals surface area contributed by atoms with E-state index in [0.29, 0.717) is 12.3 Å². The minimum atomic E-state index is 0.161. The Kier molecular flexibility index (Phi) is 2.33. The maximum atomic E-state index is 9.71. The molecule has 0 saturated carbocycles. The molecule has 3 heteroatoms. The summed E-state index contributed by atoms with van der Waals surface area (Å²) in [6, 6.07) is 3.86. The molecule has 1 aliphatic rings. The van der Waals surface area contributed by atoms with Gasteiger partial charge in [-0.15, -0.1) is 0 Å². The molecule has 0 aromatic heterocycles. The number of aryl methyl sites for hydroxylation is 1. The van der Waals surface area contributed by atoms with Gasteiger partial charge in [-0.25, -0.2) is 0 Å². The highest BCUT2D eigenvalue weighted by atomic mass is 16.3. The zero-order valence-corrected chi connectivity index (χ0v) is 8.32. The van der Waals surface area contributed by atoms with E-state index in [-0.39, 0.29) is 6.61 Å². The molecule has 0 aliphatic carbocycles. The number of aliphatic hydroxyl groups is 1. The number of benzene rings is 1. The average molecular weight is 193 g/mol. The molecule has 0 atom stereocenters. The Morgan fingerprint density at radius 3 is 2.93 bits per heavy atom. The number of aliphatic hydroxyl groups excluding tert-OH is 1. The minimum Gasteiger partial charge on any atom is -0.508 e. The molecule has 0 spiro atoms. The predicted molar refractivity (Wildman–Crippen MR) is 55.8 cm³/mol. The zero-order chi connectivity index (χ0) is 10.1. The van der Waals surface area contributed by atoms with Crippen LogP contribution in [-0.4, -0.2) is 29.9 Å². The summed E-state index contributed by atoms with van der Waals surface area (Å²) in [5, 5.41) is 18.6. The van der Waals surface area contributed by atoms with Crippen LogP contribution in [0, 0.1) is 6.92 Å². The molecular formula is C11H15NO2. The van der Waals surface area contributed by atoms with E-state index < -0.39 is 0 Å². The third kappa shape index (κ3) is 1.44. The number of anilines is 1. The molecule has 14 heavy (non-hydrogen) atoms. The number of rotatable bonds is 2. The van der Waals surface area contributed by atoms with Gasteiger partial charge in [0, 0.05) is 24.3 Å². The highest BCUT2D eigenvalue weighted by Crippen LogP contribution is 2.35. The highest BCUT2D eigenvalue weighted by Gasteiger charge is 2.21. The van der Waals surface area contributed by atoms with E-state index in [4.69, 9.17) is 5.11 Å². The molecule has 0 amide bonds. The third-order valence-electron chi connectivity index (χ3n) is 2.69. The van der Waals surface area contributed by atoms with Crippen molar-refractivity contribution in [1.29, 1.82) is 0 Å². The first kappa shape index (κ1) is 9.34. The van der Waals surface area contributed by atoms with Crippen LogP contribution < -0.4 is 4.90 Å². The second-order valence-electron chi connectivity index (χ2n) is 3.74. The van der Waals surface area contributed by atoms with Crippen molar-refractivity contribution in [3.8, 4) is 5.75 Å². The SMILES string of the molecule is Cc1cc(O)c2c(c1)N(CCO)CC2. The van der Waals surface area contributed by atoms with Crippen molar-refractivity contribution in [2.45, 2.75) is 13.3 Å². The lowest BCUT2D eigenvalue weighted by atomic mass is 10.1. The summed E-state index contributed by atoms with van der Waals surface area (Å²) >= 11 is 0. The van der Waals surface area contributed by atoms with Gasteiger partial charge >= 0.3 is 0 Å². The van der Waals surface area contributed by atoms with Crippen LogP contribution in [0.5, 0.6) is 5.75 Å². The second-order valence-corrected chi connectivity index (χ2v) is 3.74. The normalized spacial score (nSPS) is 14.6. The van der Waals surface area contributed by atoms with Crippen molar-refractivity contribution in [2.75, 3.05) is 24.6 Å². The lowest BCUT2D eigenvalue weighted by molar-refractivity contribution is 0.303. The molecule has 0 bridgehead atoms. The minimum absolute atomic E-state index is 0.161. The van der Waals surface area contributed by atoms with Crippen molar-refractivity contribution in [2.24, 2.45) is 0 Å². The van der Waals surface area contributed by atoms with Crippen LogP contribution in [0.25, 0.3) is 0 Å². The Bertz CT molecular complexity index is 349. The van der Waals surface area contributed by atoms with E-state index in [9.17, 15) is 5.11 Å². The van der Waals surface area contributed by atoms with Crippen molar-refractivity contribution < 1.29 is 10.2 Å². The lowest BCUT2D eigenvalue weighted by Crippen LogP contribution is -2.23. The number of β-amino-alcohol motifs (C(OH)–C–C–N with tert-alkyl or cyclic N) is 1.